The van der Waals surface area contributed by atoms with Gasteiger partial charge in [0.05, 0.1) is 5.56 Å². The Morgan fingerprint density at radius 1 is 1.30 bits per heavy atom. The molecule has 20 heavy (non-hydrogen) atoms. The minimum absolute atomic E-state index is 0.0179. The second-order valence-corrected chi connectivity index (χ2v) is 6.14. The highest BCUT2D eigenvalue weighted by atomic mass is 16.3. The smallest absolute Gasteiger partial charge is 0.257 e. The number of rotatable bonds is 5. The van der Waals surface area contributed by atoms with Gasteiger partial charge in [0.25, 0.3) is 5.91 Å². The number of para-hydroxylation sites is 1. The fourth-order valence-electron chi connectivity index (χ4n) is 2.87. The fourth-order valence-corrected chi connectivity index (χ4v) is 2.87. The number of carbonyl (C=O) groups is 1. The highest BCUT2D eigenvalue weighted by Crippen LogP contribution is 2.27. The number of phenols is 1. The zero-order chi connectivity index (χ0) is 14.5. The summed E-state index contributed by atoms with van der Waals surface area (Å²) in [5.41, 5.74) is 0.433. The average Bonchev–Trinajstić information content (AvgIpc) is 2.93. The second kappa shape index (κ2) is 6.78. The van der Waals surface area contributed by atoms with Crippen LogP contribution >= 0.6 is 0 Å². The lowest BCUT2D eigenvalue weighted by atomic mass is 10.1. The van der Waals surface area contributed by atoms with Crippen LogP contribution in [0, 0.1) is 5.92 Å². The maximum atomic E-state index is 12.7. The molecule has 1 N–H and O–H groups in total. The highest BCUT2D eigenvalue weighted by molar-refractivity contribution is 5.97. The van der Waals surface area contributed by atoms with Crippen molar-refractivity contribution in [1.82, 2.24) is 4.90 Å². The zero-order valence-electron chi connectivity index (χ0n) is 12.5. The van der Waals surface area contributed by atoms with Crippen LogP contribution in [0.15, 0.2) is 24.3 Å². The van der Waals surface area contributed by atoms with E-state index in [0.29, 0.717) is 17.5 Å². The number of phenolic OH excluding ortho intramolecular Hbond substituents is 1. The summed E-state index contributed by atoms with van der Waals surface area (Å²) in [6.45, 7) is 5.14. The largest absolute Gasteiger partial charge is 0.507 e. The van der Waals surface area contributed by atoms with Crippen LogP contribution in [0.4, 0.5) is 0 Å². The van der Waals surface area contributed by atoms with Crippen molar-refractivity contribution in [3.63, 3.8) is 0 Å². The Morgan fingerprint density at radius 2 is 1.95 bits per heavy atom. The number of carbonyl (C=O) groups excluding carboxylic acids is 1. The Kier molecular flexibility index (Phi) is 5.05. The van der Waals surface area contributed by atoms with Gasteiger partial charge in [-0.05, 0) is 37.3 Å². The molecule has 1 aromatic carbocycles. The van der Waals surface area contributed by atoms with E-state index in [-0.39, 0.29) is 11.7 Å². The van der Waals surface area contributed by atoms with Crippen molar-refractivity contribution in [2.45, 2.75) is 52.0 Å². The lowest BCUT2D eigenvalue weighted by Gasteiger charge is -2.30. The molecule has 0 atom stereocenters. The molecule has 1 fully saturated rings. The van der Waals surface area contributed by atoms with Gasteiger partial charge in [-0.15, -0.1) is 0 Å². The van der Waals surface area contributed by atoms with Crippen LogP contribution in [0.5, 0.6) is 5.75 Å². The van der Waals surface area contributed by atoms with E-state index in [9.17, 15) is 9.90 Å². The number of nitrogens with zero attached hydrogens (tertiary/aromatic N) is 1. The first-order valence-corrected chi connectivity index (χ1v) is 7.68. The molecule has 2 rings (SSSR count). The first-order chi connectivity index (χ1) is 9.59. The number of benzene rings is 1. The number of hydrogen-bond donors (Lipinski definition) is 1. The summed E-state index contributed by atoms with van der Waals surface area (Å²) in [6, 6.07) is 7.21. The van der Waals surface area contributed by atoms with Gasteiger partial charge in [0.1, 0.15) is 5.75 Å². The molecule has 3 heteroatoms. The van der Waals surface area contributed by atoms with E-state index in [1.165, 1.54) is 12.8 Å². The minimum Gasteiger partial charge on any atom is -0.507 e. The van der Waals surface area contributed by atoms with Crippen LogP contribution in [0.2, 0.25) is 0 Å². The second-order valence-electron chi connectivity index (χ2n) is 6.14. The van der Waals surface area contributed by atoms with E-state index in [1.54, 1.807) is 18.2 Å². The Bertz CT molecular complexity index is 450. The SMILES string of the molecule is CC(C)CCN(C(=O)c1ccccc1O)C1CCCC1. The van der Waals surface area contributed by atoms with Gasteiger partial charge in [-0.25, -0.2) is 0 Å². The number of hydrogen-bond acceptors (Lipinski definition) is 2. The molecule has 1 aliphatic rings. The maximum absolute atomic E-state index is 12.7. The van der Waals surface area contributed by atoms with Crippen molar-refractivity contribution in [3.05, 3.63) is 29.8 Å². The van der Waals surface area contributed by atoms with Crippen molar-refractivity contribution in [2.75, 3.05) is 6.54 Å². The normalized spacial score (nSPS) is 15.8. The first-order valence-electron chi connectivity index (χ1n) is 7.68. The summed E-state index contributed by atoms with van der Waals surface area (Å²) in [6.07, 6.45) is 5.61. The van der Waals surface area contributed by atoms with Gasteiger partial charge in [-0.3, -0.25) is 4.79 Å². The average molecular weight is 275 g/mol. The number of aromatic hydroxyl groups is 1. The zero-order valence-corrected chi connectivity index (χ0v) is 12.5. The van der Waals surface area contributed by atoms with E-state index in [4.69, 9.17) is 0 Å². The quantitative estimate of drug-likeness (QED) is 0.887. The topological polar surface area (TPSA) is 40.5 Å². The van der Waals surface area contributed by atoms with E-state index in [1.807, 2.05) is 11.0 Å². The summed E-state index contributed by atoms with van der Waals surface area (Å²) in [7, 11) is 0. The van der Waals surface area contributed by atoms with Crippen molar-refractivity contribution in [3.8, 4) is 5.75 Å². The van der Waals surface area contributed by atoms with Crippen LogP contribution in [0.1, 0.15) is 56.3 Å². The molecule has 0 spiro atoms. The van der Waals surface area contributed by atoms with E-state index < -0.39 is 0 Å². The summed E-state index contributed by atoms with van der Waals surface area (Å²) >= 11 is 0. The minimum atomic E-state index is -0.0179. The Balaban J connectivity index is 2.16. The molecule has 0 aromatic heterocycles. The summed E-state index contributed by atoms with van der Waals surface area (Å²) in [5, 5.41) is 9.90. The molecule has 1 saturated carbocycles. The fraction of sp³-hybridized carbons (Fsp3) is 0.588. The first kappa shape index (κ1) is 14.9. The van der Waals surface area contributed by atoms with Crippen LogP contribution in [-0.2, 0) is 0 Å². The number of amides is 1. The van der Waals surface area contributed by atoms with Crippen molar-refractivity contribution < 1.29 is 9.90 Å². The van der Waals surface area contributed by atoms with Crippen LogP contribution in [0.25, 0.3) is 0 Å². The predicted octanol–water partition coefficient (Wildman–Crippen LogP) is 3.82. The summed E-state index contributed by atoms with van der Waals surface area (Å²) in [5.74, 6) is 0.650. The Morgan fingerprint density at radius 3 is 2.55 bits per heavy atom. The van der Waals surface area contributed by atoms with Crippen LogP contribution in [0.3, 0.4) is 0 Å². The van der Waals surface area contributed by atoms with Gasteiger partial charge in [-0.1, -0.05) is 38.8 Å². The third-order valence-electron chi connectivity index (χ3n) is 4.11. The molecule has 0 aliphatic heterocycles. The van der Waals surface area contributed by atoms with Crippen LogP contribution < -0.4 is 0 Å². The third-order valence-corrected chi connectivity index (χ3v) is 4.11. The Hall–Kier alpha value is -1.51. The van der Waals surface area contributed by atoms with Gasteiger partial charge in [0.15, 0.2) is 0 Å². The molecule has 3 nitrogen and oxygen atoms in total. The maximum Gasteiger partial charge on any atom is 0.257 e. The molecule has 1 aromatic rings. The molecular formula is C17H25NO2. The predicted molar refractivity (Wildman–Crippen MR) is 80.9 cm³/mol. The highest BCUT2D eigenvalue weighted by Gasteiger charge is 2.28. The van der Waals surface area contributed by atoms with Crippen molar-refractivity contribution in [2.24, 2.45) is 5.92 Å². The Labute approximate surface area is 121 Å². The molecule has 0 radical (unpaired) electrons. The van der Waals surface area contributed by atoms with Crippen molar-refractivity contribution in [1.29, 1.82) is 0 Å². The molecule has 0 unspecified atom stereocenters. The molecule has 0 bridgehead atoms. The molecule has 1 aliphatic carbocycles. The van der Waals surface area contributed by atoms with E-state index in [2.05, 4.69) is 13.8 Å². The molecular weight excluding hydrogens is 250 g/mol. The van der Waals surface area contributed by atoms with Gasteiger partial charge in [-0.2, -0.15) is 0 Å². The lowest BCUT2D eigenvalue weighted by molar-refractivity contribution is 0.0669. The monoisotopic (exact) mass is 275 g/mol. The van der Waals surface area contributed by atoms with Gasteiger partial charge in [0, 0.05) is 12.6 Å². The third kappa shape index (κ3) is 3.53. The molecule has 0 saturated heterocycles. The van der Waals surface area contributed by atoms with E-state index >= 15 is 0 Å². The lowest BCUT2D eigenvalue weighted by Crippen LogP contribution is -2.40. The molecule has 110 valence electrons. The molecule has 0 heterocycles. The standard InChI is InChI=1S/C17H25NO2/c1-13(2)11-12-18(14-7-3-4-8-14)17(20)15-9-5-6-10-16(15)19/h5-6,9-10,13-14,19H,3-4,7-8,11-12H2,1-2H3. The van der Waals surface area contributed by atoms with Gasteiger partial charge >= 0.3 is 0 Å². The van der Waals surface area contributed by atoms with Crippen LogP contribution in [-0.4, -0.2) is 28.5 Å². The van der Waals surface area contributed by atoms with E-state index in [0.717, 1.165) is 25.8 Å². The summed E-state index contributed by atoms with van der Waals surface area (Å²) in [4.78, 5) is 14.7. The van der Waals surface area contributed by atoms with Gasteiger partial charge < -0.3 is 10.0 Å². The van der Waals surface area contributed by atoms with Crippen molar-refractivity contribution >= 4 is 5.91 Å². The van der Waals surface area contributed by atoms with Gasteiger partial charge in [0.2, 0.25) is 0 Å². The molecule has 1 amide bonds. The summed E-state index contributed by atoms with van der Waals surface area (Å²) < 4.78 is 0.